The fraction of sp³-hybridized carbons (Fsp3) is 0.267. The maximum absolute atomic E-state index is 12.3. The summed E-state index contributed by atoms with van der Waals surface area (Å²) in [6.45, 7) is 1.80. The summed E-state index contributed by atoms with van der Waals surface area (Å²) in [4.78, 5) is 13.2. The number of thioether (sulfide) groups is 1. The molecule has 21 heavy (non-hydrogen) atoms. The number of carbonyl (C=O) groups excluding carboxylic acids is 1. The molecule has 1 heterocycles. The van der Waals surface area contributed by atoms with Gasteiger partial charge in [-0.3, -0.25) is 9.48 Å². The Balaban J connectivity index is 2.05. The van der Waals surface area contributed by atoms with Crippen molar-refractivity contribution < 1.29 is 4.79 Å². The number of nitrogens with one attached hydrogen (secondary N) is 1. The smallest absolute Gasteiger partial charge is 0.248 e. The number of nitrogens with zero attached hydrogens (tertiary/aromatic N) is 3. The molecule has 2 aromatic rings. The van der Waals surface area contributed by atoms with E-state index in [0.29, 0.717) is 12.2 Å². The minimum atomic E-state index is -0.378. The van der Waals surface area contributed by atoms with Crippen molar-refractivity contribution in [2.45, 2.75) is 24.3 Å². The van der Waals surface area contributed by atoms with E-state index in [2.05, 4.69) is 16.5 Å². The van der Waals surface area contributed by atoms with Gasteiger partial charge in [-0.15, -0.1) is 11.8 Å². The van der Waals surface area contributed by atoms with Gasteiger partial charge in [0.2, 0.25) is 5.91 Å². The van der Waals surface area contributed by atoms with Gasteiger partial charge in [0.15, 0.2) is 0 Å². The summed E-state index contributed by atoms with van der Waals surface area (Å²) in [6.07, 6.45) is 3.89. The van der Waals surface area contributed by atoms with Crippen LogP contribution in [0.25, 0.3) is 0 Å². The van der Waals surface area contributed by atoms with Crippen molar-refractivity contribution >= 4 is 23.4 Å². The number of para-hydroxylation sites is 1. The fourth-order valence-electron chi connectivity index (χ4n) is 1.77. The molecule has 0 unspecified atom stereocenters. The summed E-state index contributed by atoms with van der Waals surface area (Å²) >= 11 is 1.56. The van der Waals surface area contributed by atoms with E-state index < -0.39 is 0 Å². The lowest BCUT2D eigenvalue weighted by molar-refractivity contribution is -0.119. The van der Waals surface area contributed by atoms with Gasteiger partial charge >= 0.3 is 0 Å². The number of aromatic nitrogens is 2. The summed E-state index contributed by atoms with van der Waals surface area (Å²) < 4.78 is 1.61. The molecule has 0 saturated carbocycles. The van der Waals surface area contributed by atoms with Gasteiger partial charge in [0.05, 0.1) is 11.8 Å². The van der Waals surface area contributed by atoms with Crippen LogP contribution in [0, 0.1) is 11.3 Å². The van der Waals surface area contributed by atoms with Gasteiger partial charge in [-0.1, -0.05) is 12.1 Å². The molecule has 0 aliphatic heterocycles. The predicted molar refractivity (Wildman–Crippen MR) is 83.0 cm³/mol. The zero-order valence-corrected chi connectivity index (χ0v) is 12.5. The first-order valence-corrected chi connectivity index (χ1v) is 7.59. The summed E-state index contributed by atoms with van der Waals surface area (Å²) in [6, 6.07) is 11.1. The van der Waals surface area contributed by atoms with Gasteiger partial charge in [0.25, 0.3) is 0 Å². The van der Waals surface area contributed by atoms with Crippen LogP contribution in [0.3, 0.4) is 0 Å². The highest BCUT2D eigenvalue weighted by molar-refractivity contribution is 7.99. The van der Waals surface area contributed by atoms with Gasteiger partial charge in [-0.2, -0.15) is 10.4 Å². The summed E-state index contributed by atoms with van der Waals surface area (Å²) in [7, 11) is 0. The number of nitriles is 1. The quantitative estimate of drug-likeness (QED) is 0.657. The van der Waals surface area contributed by atoms with Crippen LogP contribution >= 0.6 is 11.8 Å². The standard InChI is InChI=1S/C15H16N4OS/c1-12(19-10-5-9-17-19)15(20)18-13-6-2-3-7-14(13)21-11-4-8-16/h2-3,5-7,9-10,12H,4,11H2,1H3,(H,18,20)/t12-/m0/s1. The third-order valence-electron chi connectivity index (χ3n) is 2.92. The normalized spacial score (nSPS) is 11.6. The van der Waals surface area contributed by atoms with Gasteiger partial charge < -0.3 is 5.32 Å². The van der Waals surface area contributed by atoms with Crippen molar-refractivity contribution in [3.8, 4) is 6.07 Å². The third-order valence-corrected chi connectivity index (χ3v) is 3.99. The molecule has 1 atom stereocenters. The number of hydrogen-bond acceptors (Lipinski definition) is 4. The molecule has 1 aromatic carbocycles. The van der Waals surface area contributed by atoms with Crippen molar-refractivity contribution in [1.82, 2.24) is 9.78 Å². The first kappa shape index (κ1) is 15.1. The number of hydrogen-bond donors (Lipinski definition) is 1. The lowest BCUT2D eigenvalue weighted by atomic mass is 10.2. The van der Waals surface area contributed by atoms with E-state index in [1.165, 1.54) is 0 Å². The molecule has 1 aromatic heterocycles. The summed E-state index contributed by atoms with van der Waals surface area (Å²) in [5.74, 6) is 0.588. The van der Waals surface area contributed by atoms with Crippen LogP contribution in [0.2, 0.25) is 0 Å². The zero-order valence-electron chi connectivity index (χ0n) is 11.7. The van der Waals surface area contributed by atoms with Crippen LogP contribution in [0.1, 0.15) is 19.4 Å². The topological polar surface area (TPSA) is 70.7 Å². The second-order valence-corrected chi connectivity index (χ2v) is 5.54. The average molecular weight is 300 g/mol. The Morgan fingerprint density at radius 1 is 1.48 bits per heavy atom. The second kappa shape index (κ2) is 7.50. The maximum Gasteiger partial charge on any atom is 0.248 e. The van der Waals surface area contributed by atoms with Crippen LogP contribution < -0.4 is 5.32 Å². The van der Waals surface area contributed by atoms with Crippen molar-refractivity contribution in [2.24, 2.45) is 0 Å². The molecule has 0 spiro atoms. The van der Waals surface area contributed by atoms with Crippen molar-refractivity contribution in [3.05, 3.63) is 42.7 Å². The number of anilines is 1. The van der Waals surface area contributed by atoms with Gasteiger partial charge in [0.1, 0.15) is 6.04 Å². The van der Waals surface area contributed by atoms with E-state index in [9.17, 15) is 4.79 Å². The number of rotatable bonds is 6. The molecule has 0 aliphatic rings. The SMILES string of the molecule is C[C@@H](C(=O)Nc1ccccc1SCCC#N)n1cccn1. The lowest BCUT2D eigenvalue weighted by Gasteiger charge is -2.14. The molecule has 0 radical (unpaired) electrons. The predicted octanol–water partition coefficient (Wildman–Crippen LogP) is 3.09. The molecular formula is C15H16N4OS. The average Bonchev–Trinajstić information content (AvgIpc) is 3.02. The van der Waals surface area contributed by atoms with E-state index in [4.69, 9.17) is 5.26 Å². The molecule has 1 N–H and O–H groups in total. The van der Waals surface area contributed by atoms with Crippen molar-refractivity contribution in [2.75, 3.05) is 11.1 Å². The molecule has 0 saturated heterocycles. The Bertz CT molecular complexity index is 633. The Morgan fingerprint density at radius 2 is 2.29 bits per heavy atom. The van der Waals surface area contributed by atoms with Crippen LogP contribution in [0.15, 0.2) is 47.6 Å². The van der Waals surface area contributed by atoms with Gasteiger partial charge in [-0.25, -0.2) is 0 Å². The van der Waals surface area contributed by atoms with E-state index in [0.717, 1.165) is 10.6 Å². The van der Waals surface area contributed by atoms with E-state index in [1.807, 2.05) is 24.3 Å². The monoisotopic (exact) mass is 300 g/mol. The molecule has 2 rings (SSSR count). The third kappa shape index (κ3) is 4.10. The fourth-order valence-corrected chi connectivity index (χ4v) is 2.63. The van der Waals surface area contributed by atoms with Gasteiger partial charge in [0, 0.05) is 29.5 Å². The van der Waals surface area contributed by atoms with Crippen LogP contribution in [0.4, 0.5) is 5.69 Å². The minimum Gasteiger partial charge on any atom is -0.323 e. The Morgan fingerprint density at radius 3 is 3.00 bits per heavy atom. The second-order valence-electron chi connectivity index (χ2n) is 4.40. The zero-order chi connectivity index (χ0) is 15.1. The van der Waals surface area contributed by atoms with Crippen molar-refractivity contribution in [3.63, 3.8) is 0 Å². The summed E-state index contributed by atoms with van der Waals surface area (Å²) in [5, 5.41) is 15.6. The first-order chi connectivity index (χ1) is 10.2. The van der Waals surface area contributed by atoms with E-state index in [1.54, 1.807) is 41.8 Å². The molecular weight excluding hydrogens is 284 g/mol. The van der Waals surface area contributed by atoms with Crippen LogP contribution in [0.5, 0.6) is 0 Å². The van der Waals surface area contributed by atoms with E-state index in [-0.39, 0.29) is 11.9 Å². The molecule has 5 nitrogen and oxygen atoms in total. The molecule has 0 aliphatic carbocycles. The largest absolute Gasteiger partial charge is 0.323 e. The molecule has 108 valence electrons. The van der Waals surface area contributed by atoms with Crippen LogP contribution in [-0.2, 0) is 4.79 Å². The molecule has 0 fully saturated rings. The Labute approximate surface area is 128 Å². The molecule has 1 amide bonds. The minimum absolute atomic E-state index is 0.118. The van der Waals surface area contributed by atoms with E-state index >= 15 is 0 Å². The maximum atomic E-state index is 12.3. The summed E-state index contributed by atoms with van der Waals surface area (Å²) in [5.41, 5.74) is 0.768. The molecule has 6 heteroatoms. The Kier molecular flexibility index (Phi) is 5.41. The molecule has 0 bridgehead atoms. The number of amides is 1. The Hall–Kier alpha value is -2.26. The number of benzene rings is 1. The highest BCUT2D eigenvalue weighted by Gasteiger charge is 2.16. The van der Waals surface area contributed by atoms with Crippen LogP contribution in [-0.4, -0.2) is 21.4 Å². The lowest BCUT2D eigenvalue weighted by Crippen LogP contribution is -2.24. The van der Waals surface area contributed by atoms with Crippen molar-refractivity contribution in [1.29, 1.82) is 5.26 Å². The first-order valence-electron chi connectivity index (χ1n) is 6.61. The highest BCUT2D eigenvalue weighted by atomic mass is 32.2. The highest BCUT2D eigenvalue weighted by Crippen LogP contribution is 2.27. The van der Waals surface area contributed by atoms with Gasteiger partial charge in [-0.05, 0) is 25.1 Å². The number of carbonyl (C=O) groups is 1.